The van der Waals surface area contributed by atoms with Crippen molar-refractivity contribution in [2.24, 2.45) is 0 Å². The van der Waals surface area contributed by atoms with Crippen molar-refractivity contribution in [3.05, 3.63) is 102 Å². The minimum Gasteiger partial charge on any atom is -0.344 e. The van der Waals surface area contributed by atoms with Gasteiger partial charge in [0.15, 0.2) is 0 Å². The monoisotopic (exact) mass is 412 g/mol. The Bertz CT molecular complexity index is 1020. The van der Waals surface area contributed by atoms with Crippen LogP contribution in [0.3, 0.4) is 0 Å². The van der Waals surface area contributed by atoms with Crippen LogP contribution in [0, 0.1) is 5.82 Å². The van der Waals surface area contributed by atoms with E-state index in [2.05, 4.69) is 10.0 Å². The van der Waals surface area contributed by atoms with Crippen LogP contribution in [0.1, 0.15) is 24.1 Å². The zero-order valence-electron chi connectivity index (χ0n) is 15.7. The second-order valence-electron chi connectivity index (χ2n) is 6.56. The number of carbonyl (C=O) groups excluding carboxylic acids is 1. The van der Waals surface area contributed by atoms with E-state index in [0.717, 1.165) is 35.4 Å². The molecule has 1 atom stereocenters. The number of hydrogen-bond donors (Lipinski definition) is 2. The SMILES string of the molecule is C[C@@H](NS(=O)(=O)c1ccc(F)cc1)C(=O)NC(c1ccccc1)c1ccccc1. The molecule has 3 aromatic carbocycles. The van der Waals surface area contributed by atoms with E-state index in [-0.39, 0.29) is 4.90 Å². The average Bonchev–Trinajstić information content (AvgIpc) is 2.73. The van der Waals surface area contributed by atoms with Crippen molar-refractivity contribution in [3.8, 4) is 0 Å². The third kappa shape index (κ3) is 5.28. The van der Waals surface area contributed by atoms with Crippen molar-refractivity contribution in [2.45, 2.75) is 23.9 Å². The Hall–Kier alpha value is -3.03. The van der Waals surface area contributed by atoms with Crippen LogP contribution in [0.2, 0.25) is 0 Å². The van der Waals surface area contributed by atoms with Crippen LogP contribution < -0.4 is 10.0 Å². The molecule has 3 rings (SSSR count). The maximum absolute atomic E-state index is 13.1. The maximum Gasteiger partial charge on any atom is 0.241 e. The van der Waals surface area contributed by atoms with Crippen molar-refractivity contribution in [1.29, 1.82) is 0 Å². The summed E-state index contributed by atoms with van der Waals surface area (Å²) in [5.41, 5.74) is 1.75. The van der Waals surface area contributed by atoms with E-state index < -0.39 is 33.8 Å². The largest absolute Gasteiger partial charge is 0.344 e. The number of amides is 1. The summed E-state index contributed by atoms with van der Waals surface area (Å²) in [5.74, 6) is -1.02. The van der Waals surface area contributed by atoms with Crippen molar-refractivity contribution >= 4 is 15.9 Å². The van der Waals surface area contributed by atoms with Gasteiger partial charge in [0.25, 0.3) is 0 Å². The fourth-order valence-corrected chi connectivity index (χ4v) is 4.09. The third-order valence-corrected chi connectivity index (χ3v) is 5.96. The Balaban J connectivity index is 1.78. The zero-order valence-corrected chi connectivity index (χ0v) is 16.6. The lowest BCUT2D eigenvalue weighted by Crippen LogP contribution is -2.46. The van der Waals surface area contributed by atoms with Gasteiger partial charge in [0, 0.05) is 0 Å². The summed E-state index contributed by atoms with van der Waals surface area (Å²) in [6, 6.07) is 21.8. The van der Waals surface area contributed by atoms with Gasteiger partial charge in [0.2, 0.25) is 15.9 Å². The molecule has 5 nitrogen and oxygen atoms in total. The van der Waals surface area contributed by atoms with Crippen LogP contribution in [0.15, 0.2) is 89.8 Å². The molecular formula is C22H21FN2O3S. The molecule has 0 unspecified atom stereocenters. The summed E-state index contributed by atoms with van der Waals surface area (Å²) in [4.78, 5) is 12.7. The molecule has 0 bridgehead atoms. The predicted octanol–water partition coefficient (Wildman–Crippen LogP) is 3.40. The summed E-state index contributed by atoms with van der Waals surface area (Å²) in [7, 11) is -3.96. The molecule has 0 aliphatic heterocycles. The molecule has 7 heteroatoms. The minimum atomic E-state index is -3.96. The van der Waals surface area contributed by atoms with Gasteiger partial charge in [-0.3, -0.25) is 4.79 Å². The van der Waals surface area contributed by atoms with Crippen LogP contribution in [0.5, 0.6) is 0 Å². The van der Waals surface area contributed by atoms with Gasteiger partial charge < -0.3 is 5.32 Å². The lowest BCUT2D eigenvalue weighted by atomic mass is 9.98. The summed E-state index contributed by atoms with van der Waals surface area (Å²) in [5, 5.41) is 2.91. The first kappa shape index (κ1) is 20.7. The van der Waals surface area contributed by atoms with Gasteiger partial charge in [-0.1, -0.05) is 60.7 Å². The number of benzene rings is 3. The second kappa shape index (κ2) is 8.98. The lowest BCUT2D eigenvalue weighted by molar-refractivity contribution is -0.122. The molecule has 1 amide bonds. The minimum absolute atomic E-state index is 0.110. The van der Waals surface area contributed by atoms with E-state index in [1.54, 1.807) is 0 Å². The Kier molecular flexibility index (Phi) is 6.41. The molecule has 0 heterocycles. The summed E-state index contributed by atoms with van der Waals surface area (Å²) in [6.45, 7) is 1.46. The summed E-state index contributed by atoms with van der Waals surface area (Å²) >= 11 is 0. The van der Waals surface area contributed by atoms with Gasteiger partial charge in [0.05, 0.1) is 17.0 Å². The first-order chi connectivity index (χ1) is 13.9. The van der Waals surface area contributed by atoms with E-state index in [4.69, 9.17) is 0 Å². The first-order valence-corrected chi connectivity index (χ1v) is 10.5. The molecule has 0 aromatic heterocycles. The number of rotatable bonds is 7. The third-order valence-electron chi connectivity index (χ3n) is 4.40. The van der Waals surface area contributed by atoms with E-state index in [1.807, 2.05) is 60.7 Å². The normalized spacial score (nSPS) is 12.5. The standard InChI is InChI=1S/C22H21FN2O3S/c1-16(25-29(27,28)20-14-12-19(23)13-15-20)22(26)24-21(17-8-4-2-5-9-17)18-10-6-3-7-11-18/h2-16,21,25H,1H3,(H,24,26)/t16-/m1/s1. The highest BCUT2D eigenvalue weighted by atomic mass is 32.2. The van der Waals surface area contributed by atoms with Crippen LogP contribution >= 0.6 is 0 Å². The first-order valence-electron chi connectivity index (χ1n) is 9.05. The Labute approximate surface area is 169 Å². The fourth-order valence-electron chi connectivity index (χ4n) is 2.89. The van der Waals surface area contributed by atoms with Crippen molar-refractivity contribution < 1.29 is 17.6 Å². The Morgan fingerprint density at radius 1 is 0.828 bits per heavy atom. The van der Waals surface area contributed by atoms with Crippen LogP contribution in [-0.2, 0) is 14.8 Å². The fraction of sp³-hybridized carbons (Fsp3) is 0.136. The number of hydrogen-bond acceptors (Lipinski definition) is 3. The van der Waals surface area contributed by atoms with E-state index >= 15 is 0 Å². The summed E-state index contributed by atoms with van der Waals surface area (Å²) in [6.07, 6.45) is 0. The Morgan fingerprint density at radius 2 is 1.31 bits per heavy atom. The van der Waals surface area contributed by atoms with Crippen molar-refractivity contribution in [2.75, 3.05) is 0 Å². The van der Waals surface area contributed by atoms with Crippen molar-refractivity contribution in [3.63, 3.8) is 0 Å². The molecule has 2 N–H and O–H groups in total. The number of halogens is 1. The molecule has 0 saturated heterocycles. The highest BCUT2D eigenvalue weighted by Crippen LogP contribution is 2.22. The highest BCUT2D eigenvalue weighted by Gasteiger charge is 2.25. The molecule has 0 aliphatic rings. The van der Waals surface area contributed by atoms with Crippen LogP contribution in [0.25, 0.3) is 0 Å². The van der Waals surface area contributed by atoms with E-state index in [1.165, 1.54) is 6.92 Å². The Morgan fingerprint density at radius 3 is 1.79 bits per heavy atom. The molecule has 0 fully saturated rings. The summed E-state index contributed by atoms with van der Waals surface area (Å²) < 4.78 is 40.3. The molecule has 0 spiro atoms. The molecule has 0 saturated carbocycles. The van der Waals surface area contributed by atoms with Gasteiger partial charge in [0.1, 0.15) is 5.82 Å². The van der Waals surface area contributed by atoms with Crippen LogP contribution in [-0.4, -0.2) is 20.4 Å². The lowest BCUT2D eigenvalue weighted by Gasteiger charge is -2.22. The smallest absolute Gasteiger partial charge is 0.241 e. The van der Waals surface area contributed by atoms with E-state index in [0.29, 0.717) is 0 Å². The van der Waals surface area contributed by atoms with Crippen molar-refractivity contribution in [1.82, 2.24) is 10.0 Å². The van der Waals surface area contributed by atoms with Gasteiger partial charge in [-0.15, -0.1) is 0 Å². The number of sulfonamides is 1. The molecule has 150 valence electrons. The predicted molar refractivity (Wildman–Crippen MR) is 109 cm³/mol. The molecule has 29 heavy (non-hydrogen) atoms. The number of nitrogens with one attached hydrogen (secondary N) is 2. The van der Waals surface area contributed by atoms with Gasteiger partial charge in [-0.05, 0) is 42.3 Å². The van der Waals surface area contributed by atoms with Crippen LogP contribution in [0.4, 0.5) is 4.39 Å². The quantitative estimate of drug-likeness (QED) is 0.625. The molecule has 3 aromatic rings. The molecular weight excluding hydrogens is 391 g/mol. The maximum atomic E-state index is 13.1. The highest BCUT2D eigenvalue weighted by molar-refractivity contribution is 7.89. The van der Waals surface area contributed by atoms with Gasteiger partial charge >= 0.3 is 0 Å². The topological polar surface area (TPSA) is 75.3 Å². The average molecular weight is 412 g/mol. The second-order valence-corrected chi connectivity index (χ2v) is 8.27. The number of carbonyl (C=O) groups is 1. The zero-order chi connectivity index (χ0) is 20.9. The van der Waals surface area contributed by atoms with E-state index in [9.17, 15) is 17.6 Å². The van der Waals surface area contributed by atoms with Gasteiger partial charge in [-0.25, -0.2) is 12.8 Å². The molecule has 0 aliphatic carbocycles. The molecule has 0 radical (unpaired) electrons. The van der Waals surface area contributed by atoms with Gasteiger partial charge in [-0.2, -0.15) is 4.72 Å².